The molecule has 1 saturated carbocycles. The van der Waals surface area contributed by atoms with Crippen molar-refractivity contribution in [1.29, 1.82) is 0 Å². The van der Waals surface area contributed by atoms with Crippen molar-refractivity contribution in [2.75, 3.05) is 13.8 Å². The number of azo groups is 2. The Morgan fingerprint density at radius 3 is 2.95 bits per heavy atom. The van der Waals surface area contributed by atoms with Gasteiger partial charge in [-0.05, 0) is 25.0 Å². The minimum atomic E-state index is 0.508. The molecule has 0 aromatic heterocycles. The Kier molecular flexibility index (Phi) is 3.40. The lowest BCUT2D eigenvalue weighted by Crippen LogP contribution is -2.37. The molecule has 0 spiro atoms. The Hall–Kier alpha value is -1.58. The summed E-state index contributed by atoms with van der Waals surface area (Å²) in [4.78, 5) is 0. The summed E-state index contributed by atoms with van der Waals surface area (Å²) >= 11 is 0. The monoisotopic (exact) mass is 261 g/mol. The van der Waals surface area contributed by atoms with Gasteiger partial charge in [0.2, 0.25) is 0 Å². The van der Waals surface area contributed by atoms with E-state index in [0.29, 0.717) is 18.7 Å². The highest BCUT2D eigenvalue weighted by atomic mass is 16.5. The SMILES string of the molecule is COc1ccc2c(c1)N=[N+](C1CCCCC1C)CO2. The van der Waals surface area contributed by atoms with E-state index in [0.717, 1.165) is 17.2 Å². The summed E-state index contributed by atoms with van der Waals surface area (Å²) in [6.07, 6.45) is 5.15. The first-order valence-corrected chi connectivity index (χ1v) is 7.07. The molecule has 2 aliphatic rings. The minimum Gasteiger partial charge on any atom is -0.497 e. The molecule has 0 amide bonds. The van der Waals surface area contributed by atoms with Crippen molar-refractivity contribution in [1.82, 2.24) is 0 Å². The fourth-order valence-corrected chi connectivity index (χ4v) is 3.04. The lowest BCUT2D eigenvalue weighted by atomic mass is 9.86. The molecule has 1 heterocycles. The molecule has 4 heteroatoms. The zero-order valence-corrected chi connectivity index (χ0v) is 11.6. The molecule has 1 aromatic carbocycles. The number of fused-ring (bicyclic) bond motifs is 1. The van der Waals surface area contributed by atoms with Crippen LogP contribution in [0, 0.1) is 5.92 Å². The van der Waals surface area contributed by atoms with E-state index in [1.54, 1.807) is 7.11 Å². The molecule has 19 heavy (non-hydrogen) atoms. The van der Waals surface area contributed by atoms with E-state index >= 15 is 0 Å². The molecule has 0 saturated heterocycles. The van der Waals surface area contributed by atoms with E-state index in [4.69, 9.17) is 14.6 Å². The Bertz CT molecular complexity index is 499. The van der Waals surface area contributed by atoms with Gasteiger partial charge in [0.05, 0.1) is 7.11 Å². The van der Waals surface area contributed by atoms with Crippen LogP contribution in [0.3, 0.4) is 0 Å². The predicted molar refractivity (Wildman–Crippen MR) is 72.3 cm³/mol. The Balaban J connectivity index is 1.89. The topological polar surface area (TPSA) is 33.8 Å². The second-order valence-electron chi connectivity index (χ2n) is 5.48. The summed E-state index contributed by atoms with van der Waals surface area (Å²) in [6, 6.07) is 6.29. The van der Waals surface area contributed by atoms with Crippen LogP contribution >= 0.6 is 0 Å². The summed E-state index contributed by atoms with van der Waals surface area (Å²) in [5.74, 6) is 2.36. The first-order valence-electron chi connectivity index (χ1n) is 7.07. The molecule has 0 N–H and O–H groups in total. The van der Waals surface area contributed by atoms with Crippen LogP contribution in [0.25, 0.3) is 0 Å². The molecule has 4 nitrogen and oxygen atoms in total. The maximum absolute atomic E-state index is 5.81. The fourth-order valence-electron chi connectivity index (χ4n) is 3.04. The van der Waals surface area contributed by atoms with Crippen LogP contribution in [0.2, 0.25) is 0 Å². The zero-order valence-electron chi connectivity index (χ0n) is 11.6. The van der Waals surface area contributed by atoms with Gasteiger partial charge >= 0.3 is 6.73 Å². The molecule has 1 aromatic rings. The molecule has 0 bridgehead atoms. The van der Waals surface area contributed by atoms with E-state index in [-0.39, 0.29) is 0 Å². The summed E-state index contributed by atoms with van der Waals surface area (Å²) in [5.41, 5.74) is 0.878. The maximum Gasteiger partial charge on any atom is 0.311 e. The fraction of sp³-hybridized carbons (Fsp3) is 0.600. The van der Waals surface area contributed by atoms with Crippen LogP contribution in [0.4, 0.5) is 5.69 Å². The second kappa shape index (κ2) is 5.19. The standard InChI is InChI=1S/C15H21N2O2/c1-11-5-3-4-6-14(11)17-10-19-15-8-7-12(18-2)9-13(15)16-17/h7-9,11,14H,3-6,10H2,1-2H3/q+1. The predicted octanol–water partition coefficient (Wildman–Crippen LogP) is 3.72. The summed E-state index contributed by atoms with van der Waals surface area (Å²) in [5, 5.41) is 4.76. The van der Waals surface area contributed by atoms with E-state index in [1.165, 1.54) is 25.7 Å². The van der Waals surface area contributed by atoms with E-state index in [1.807, 2.05) is 18.2 Å². The Morgan fingerprint density at radius 1 is 1.32 bits per heavy atom. The van der Waals surface area contributed by atoms with Gasteiger partial charge in [-0.3, -0.25) is 0 Å². The van der Waals surface area contributed by atoms with Crippen molar-refractivity contribution in [3.63, 3.8) is 0 Å². The third-order valence-corrected chi connectivity index (χ3v) is 4.20. The average Bonchev–Trinajstić information content (AvgIpc) is 2.46. The van der Waals surface area contributed by atoms with E-state index in [2.05, 4.69) is 11.6 Å². The molecular formula is C15H21N2O2+. The number of hydrogen-bond donors (Lipinski definition) is 0. The second-order valence-corrected chi connectivity index (χ2v) is 5.48. The van der Waals surface area contributed by atoms with Crippen molar-refractivity contribution in [3.05, 3.63) is 18.2 Å². The van der Waals surface area contributed by atoms with Gasteiger partial charge < -0.3 is 9.47 Å². The summed E-state index contributed by atoms with van der Waals surface area (Å²) in [7, 11) is 1.67. The third kappa shape index (κ3) is 2.44. The van der Waals surface area contributed by atoms with Gasteiger partial charge in [-0.15, -0.1) is 0 Å². The molecular weight excluding hydrogens is 240 g/mol. The highest BCUT2D eigenvalue weighted by molar-refractivity contribution is 5.55. The van der Waals surface area contributed by atoms with Gasteiger partial charge in [-0.25, -0.2) is 0 Å². The molecule has 2 unspecified atom stereocenters. The Morgan fingerprint density at radius 2 is 2.16 bits per heavy atom. The molecule has 1 fully saturated rings. The number of benzene rings is 1. The van der Waals surface area contributed by atoms with E-state index in [9.17, 15) is 0 Å². The molecule has 1 aliphatic carbocycles. The number of hydrogen-bond acceptors (Lipinski definition) is 3. The van der Waals surface area contributed by atoms with Gasteiger partial charge in [0.15, 0.2) is 17.5 Å². The number of nitrogens with zero attached hydrogens (tertiary/aromatic N) is 2. The lowest BCUT2D eigenvalue weighted by Gasteiger charge is -2.26. The summed E-state index contributed by atoms with van der Waals surface area (Å²) in [6.45, 7) is 2.88. The zero-order chi connectivity index (χ0) is 13.2. The smallest absolute Gasteiger partial charge is 0.311 e. The van der Waals surface area contributed by atoms with Gasteiger partial charge in [-0.1, -0.05) is 18.0 Å². The third-order valence-electron chi connectivity index (χ3n) is 4.20. The first kappa shape index (κ1) is 12.5. The van der Waals surface area contributed by atoms with Crippen LogP contribution in [0.1, 0.15) is 32.6 Å². The average molecular weight is 261 g/mol. The van der Waals surface area contributed by atoms with Gasteiger partial charge in [0.1, 0.15) is 5.75 Å². The van der Waals surface area contributed by atoms with Crippen LogP contribution in [0.15, 0.2) is 23.3 Å². The molecule has 0 radical (unpaired) electrons. The molecule has 2 atom stereocenters. The highest BCUT2D eigenvalue weighted by Gasteiger charge is 2.34. The quantitative estimate of drug-likeness (QED) is 0.760. The minimum absolute atomic E-state index is 0.508. The Labute approximate surface area is 114 Å². The normalized spacial score (nSPS) is 26.1. The van der Waals surface area contributed by atoms with Crippen molar-refractivity contribution in [2.24, 2.45) is 11.0 Å². The number of ether oxygens (including phenoxy) is 2. The van der Waals surface area contributed by atoms with Crippen molar-refractivity contribution >= 4 is 5.69 Å². The van der Waals surface area contributed by atoms with Gasteiger partial charge in [0.25, 0.3) is 0 Å². The molecule has 102 valence electrons. The van der Waals surface area contributed by atoms with Crippen LogP contribution in [0.5, 0.6) is 11.5 Å². The van der Waals surface area contributed by atoms with E-state index < -0.39 is 0 Å². The number of rotatable bonds is 2. The first-order chi connectivity index (χ1) is 9.28. The van der Waals surface area contributed by atoms with Crippen LogP contribution in [-0.4, -0.2) is 24.6 Å². The van der Waals surface area contributed by atoms with Crippen molar-refractivity contribution in [2.45, 2.75) is 38.6 Å². The van der Waals surface area contributed by atoms with Crippen LogP contribution in [-0.2, 0) is 0 Å². The van der Waals surface area contributed by atoms with Gasteiger partial charge in [0, 0.05) is 23.5 Å². The largest absolute Gasteiger partial charge is 0.497 e. The van der Waals surface area contributed by atoms with Gasteiger partial charge in [-0.2, -0.15) is 0 Å². The lowest BCUT2D eigenvalue weighted by molar-refractivity contribution is -0.660. The molecule has 3 rings (SSSR count). The van der Waals surface area contributed by atoms with Crippen molar-refractivity contribution < 1.29 is 14.2 Å². The van der Waals surface area contributed by atoms with Crippen LogP contribution < -0.4 is 9.47 Å². The highest BCUT2D eigenvalue weighted by Crippen LogP contribution is 2.36. The number of methoxy groups -OCH3 is 1. The summed E-state index contributed by atoms with van der Waals surface area (Å²) < 4.78 is 13.2. The van der Waals surface area contributed by atoms with Crippen molar-refractivity contribution in [3.8, 4) is 11.5 Å². The molecule has 1 aliphatic heterocycles. The maximum atomic E-state index is 5.81.